The lowest BCUT2D eigenvalue weighted by molar-refractivity contribution is 0.0499. The molecule has 64 heavy (non-hydrogen) atoms. The van der Waals surface area contributed by atoms with Gasteiger partial charge in [0.05, 0.1) is 38.8 Å². The lowest BCUT2D eigenvalue weighted by Gasteiger charge is -2.14. The fourth-order valence-corrected chi connectivity index (χ4v) is 13.6. The zero-order valence-electron chi connectivity index (χ0n) is 40.6. The molecule has 0 unspecified atom stereocenters. The average molecular weight is 956 g/mol. The molecule has 0 fully saturated rings. The summed E-state index contributed by atoms with van der Waals surface area (Å²) >= 11 is 6.31. The molecule has 0 aliphatic carbocycles. The SMILES string of the molecule is CCCCCCCCCCCCOC(=O)c1sc2c(C)sc(-c3cc4c(OCCCCCCCCCCCC)c5sc(C)cc5c(OCCCCCCCCCCCC)c4s3)c2c1F. The molecular formula is C55H83FO4S4. The van der Waals surface area contributed by atoms with Crippen LogP contribution >= 0.6 is 45.3 Å². The molecule has 0 aliphatic heterocycles. The van der Waals surface area contributed by atoms with Crippen molar-refractivity contribution in [2.24, 2.45) is 0 Å². The molecule has 0 atom stereocenters. The monoisotopic (exact) mass is 955 g/mol. The number of hydrogen-bond donors (Lipinski definition) is 0. The second-order valence-corrected chi connectivity index (χ2v) is 23.0. The third-order valence-electron chi connectivity index (χ3n) is 12.8. The molecule has 4 aromatic heterocycles. The number of carbonyl (C=O) groups is 1. The molecule has 0 saturated heterocycles. The molecular weight excluding hydrogens is 872 g/mol. The summed E-state index contributed by atoms with van der Waals surface area (Å²) in [5, 5.41) is 2.71. The van der Waals surface area contributed by atoms with E-state index in [9.17, 15) is 4.79 Å². The minimum absolute atomic E-state index is 0.0901. The zero-order chi connectivity index (χ0) is 45.4. The van der Waals surface area contributed by atoms with Gasteiger partial charge in [-0.15, -0.1) is 45.3 Å². The largest absolute Gasteiger partial charge is 0.491 e. The van der Waals surface area contributed by atoms with Gasteiger partial charge in [-0.3, -0.25) is 0 Å². The number of aryl methyl sites for hydroxylation is 2. The maximum Gasteiger partial charge on any atom is 0.351 e. The number of halogens is 1. The second-order valence-electron chi connectivity index (χ2n) is 18.4. The molecule has 9 heteroatoms. The third-order valence-corrected chi connectivity index (χ3v) is 17.6. The predicted molar refractivity (Wildman–Crippen MR) is 282 cm³/mol. The quantitative estimate of drug-likeness (QED) is 0.0294. The van der Waals surface area contributed by atoms with Crippen molar-refractivity contribution < 1.29 is 23.4 Å². The summed E-state index contributed by atoms with van der Waals surface area (Å²) in [5.41, 5.74) is 0. The molecule has 0 spiro atoms. The van der Waals surface area contributed by atoms with Gasteiger partial charge in [0.25, 0.3) is 0 Å². The first-order chi connectivity index (χ1) is 31.4. The van der Waals surface area contributed by atoms with Gasteiger partial charge in [-0.2, -0.15) is 0 Å². The Labute approximate surface area is 403 Å². The van der Waals surface area contributed by atoms with Crippen LogP contribution in [0.25, 0.3) is 40.0 Å². The van der Waals surface area contributed by atoms with Gasteiger partial charge >= 0.3 is 5.97 Å². The van der Waals surface area contributed by atoms with Gasteiger partial charge in [0.1, 0.15) is 16.4 Å². The first kappa shape index (κ1) is 52.8. The molecule has 5 rings (SSSR count). The molecule has 0 amide bonds. The van der Waals surface area contributed by atoms with E-state index in [2.05, 4.69) is 39.8 Å². The Balaban J connectivity index is 1.29. The molecule has 0 radical (unpaired) electrons. The predicted octanol–water partition coefficient (Wildman–Crippen LogP) is 20.5. The second kappa shape index (κ2) is 30.2. The molecule has 4 heterocycles. The lowest BCUT2D eigenvalue weighted by Crippen LogP contribution is -2.06. The molecule has 0 saturated carbocycles. The standard InChI is InChI=1S/C55H83FO4S4/c1-6-9-12-15-18-21-24-27-30-33-36-58-48-43-39-41(4)61-51(43)49(59-37-34-31-28-25-22-19-16-13-10-7-2)44-40-45(63-52(44)48)53-46-47(56)54(64-50(46)42(5)62-53)55(57)60-38-35-32-29-26-23-20-17-14-11-8-3/h39-40H,6-38H2,1-5H3. The van der Waals surface area contributed by atoms with Crippen LogP contribution in [0.3, 0.4) is 0 Å². The number of thiophene rings is 4. The molecule has 4 nitrogen and oxygen atoms in total. The minimum atomic E-state index is -0.540. The first-order valence-corrected chi connectivity index (χ1v) is 29.3. The summed E-state index contributed by atoms with van der Waals surface area (Å²) in [6.45, 7) is 12.7. The van der Waals surface area contributed by atoms with Crippen molar-refractivity contribution in [1.29, 1.82) is 0 Å². The Hall–Kier alpha value is -2.20. The highest BCUT2D eigenvalue weighted by molar-refractivity contribution is 7.30. The van der Waals surface area contributed by atoms with Crippen molar-refractivity contribution in [3.8, 4) is 21.3 Å². The Morgan fingerprint density at radius 1 is 0.484 bits per heavy atom. The summed E-state index contributed by atoms with van der Waals surface area (Å²) in [5.74, 6) is 0.873. The van der Waals surface area contributed by atoms with E-state index in [0.29, 0.717) is 25.2 Å². The van der Waals surface area contributed by atoms with E-state index in [-0.39, 0.29) is 4.88 Å². The van der Waals surface area contributed by atoms with Crippen LogP contribution in [0, 0.1) is 19.7 Å². The number of fused-ring (bicyclic) bond motifs is 3. The van der Waals surface area contributed by atoms with Crippen molar-refractivity contribution in [3.63, 3.8) is 0 Å². The maximum atomic E-state index is 16.5. The van der Waals surface area contributed by atoms with Crippen LogP contribution in [0.4, 0.5) is 4.39 Å². The van der Waals surface area contributed by atoms with E-state index in [1.54, 1.807) is 34.0 Å². The number of unbranched alkanes of at least 4 members (excludes halogenated alkanes) is 27. The first-order valence-electron chi connectivity index (χ1n) is 26.0. The number of ether oxygens (including phenoxy) is 3. The van der Waals surface area contributed by atoms with E-state index in [0.717, 1.165) is 83.1 Å². The Kier molecular flexibility index (Phi) is 24.9. The molecule has 0 N–H and O–H groups in total. The van der Waals surface area contributed by atoms with Gasteiger partial charge in [-0.25, -0.2) is 9.18 Å². The van der Waals surface area contributed by atoms with Crippen molar-refractivity contribution >= 4 is 81.6 Å². The number of esters is 1. The summed E-state index contributed by atoms with van der Waals surface area (Å²) in [6, 6.07) is 4.47. The van der Waals surface area contributed by atoms with Crippen molar-refractivity contribution in [3.05, 3.63) is 32.6 Å². The van der Waals surface area contributed by atoms with Crippen molar-refractivity contribution in [1.82, 2.24) is 0 Å². The van der Waals surface area contributed by atoms with Crippen LogP contribution in [-0.4, -0.2) is 25.8 Å². The van der Waals surface area contributed by atoms with Crippen LogP contribution in [0.5, 0.6) is 11.5 Å². The van der Waals surface area contributed by atoms with Gasteiger partial charge < -0.3 is 14.2 Å². The van der Waals surface area contributed by atoms with Crippen LogP contribution in [0.15, 0.2) is 12.1 Å². The molecule has 5 aromatic rings. The Bertz CT molecular complexity index is 1990. The fraction of sp³-hybridized carbons (Fsp3) is 0.691. The van der Waals surface area contributed by atoms with Crippen LogP contribution in [0.2, 0.25) is 0 Å². The topological polar surface area (TPSA) is 44.8 Å². The van der Waals surface area contributed by atoms with E-state index in [1.807, 2.05) is 6.92 Å². The van der Waals surface area contributed by atoms with E-state index in [1.165, 1.54) is 177 Å². The Morgan fingerprint density at radius 2 is 0.891 bits per heavy atom. The average Bonchev–Trinajstić information content (AvgIpc) is 4.07. The Morgan fingerprint density at radius 3 is 1.36 bits per heavy atom. The summed E-state index contributed by atoms with van der Waals surface area (Å²) in [7, 11) is 0. The number of carbonyl (C=O) groups excluding carboxylic acids is 1. The summed E-state index contributed by atoms with van der Waals surface area (Å²) < 4.78 is 38.9. The van der Waals surface area contributed by atoms with Crippen molar-refractivity contribution in [2.45, 2.75) is 227 Å². The highest BCUT2D eigenvalue weighted by Crippen LogP contribution is 2.54. The van der Waals surface area contributed by atoms with E-state index in [4.69, 9.17) is 14.2 Å². The fourth-order valence-electron chi connectivity index (χ4n) is 8.99. The van der Waals surface area contributed by atoms with Gasteiger partial charge in [-0.05, 0) is 45.2 Å². The van der Waals surface area contributed by atoms with Crippen LogP contribution < -0.4 is 9.47 Å². The van der Waals surface area contributed by atoms with Gasteiger partial charge in [-0.1, -0.05) is 194 Å². The van der Waals surface area contributed by atoms with E-state index < -0.39 is 11.8 Å². The van der Waals surface area contributed by atoms with Gasteiger partial charge in [0, 0.05) is 30.8 Å². The third kappa shape index (κ3) is 16.2. The van der Waals surface area contributed by atoms with Crippen LogP contribution in [-0.2, 0) is 4.74 Å². The smallest absolute Gasteiger partial charge is 0.351 e. The molecule has 0 bridgehead atoms. The summed E-state index contributed by atoms with van der Waals surface area (Å²) in [4.78, 5) is 17.5. The minimum Gasteiger partial charge on any atom is -0.491 e. The lowest BCUT2D eigenvalue weighted by atomic mass is 10.1. The maximum absolute atomic E-state index is 16.5. The molecule has 358 valence electrons. The highest BCUT2D eigenvalue weighted by Gasteiger charge is 2.28. The van der Waals surface area contributed by atoms with E-state index >= 15 is 4.39 Å². The molecule has 0 aliphatic rings. The molecule has 1 aromatic carbocycles. The number of rotatable bonds is 37. The van der Waals surface area contributed by atoms with Crippen LogP contribution in [0.1, 0.15) is 233 Å². The van der Waals surface area contributed by atoms with Crippen molar-refractivity contribution in [2.75, 3.05) is 19.8 Å². The summed E-state index contributed by atoms with van der Waals surface area (Å²) in [6.07, 6.45) is 37.8. The number of hydrogen-bond acceptors (Lipinski definition) is 8. The number of benzene rings is 1. The highest BCUT2D eigenvalue weighted by atomic mass is 32.1. The normalized spacial score (nSPS) is 11.8. The van der Waals surface area contributed by atoms with Gasteiger partial charge in [0.2, 0.25) is 0 Å². The van der Waals surface area contributed by atoms with Gasteiger partial charge in [0.15, 0.2) is 5.82 Å². The zero-order valence-corrected chi connectivity index (χ0v) is 43.9.